The second-order valence-electron chi connectivity index (χ2n) is 11.0. The number of aryl methyl sites for hydroxylation is 6. The zero-order chi connectivity index (χ0) is 29.7. The van der Waals surface area contributed by atoms with Gasteiger partial charge in [0.1, 0.15) is 11.4 Å². The summed E-state index contributed by atoms with van der Waals surface area (Å²) in [6, 6.07) is 24.6. The highest BCUT2D eigenvalue weighted by Gasteiger charge is 2.38. The fraction of sp³-hybridized carbons (Fsp3) is 0.171. The highest BCUT2D eigenvalue weighted by Crippen LogP contribution is 2.33. The number of carbonyl (C=O) groups is 2. The summed E-state index contributed by atoms with van der Waals surface area (Å²) in [6.45, 7) is 12.1. The molecule has 42 heavy (non-hydrogen) atoms. The predicted octanol–water partition coefficient (Wildman–Crippen LogP) is 7.49. The van der Waals surface area contributed by atoms with Crippen molar-refractivity contribution in [1.29, 1.82) is 0 Å². The lowest BCUT2D eigenvalue weighted by Crippen LogP contribution is -2.27. The summed E-state index contributed by atoms with van der Waals surface area (Å²) in [6.07, 6.45) is 0. The van der Waals surface area contributed by atoms with Gasteiger partial charge in [-0.1, -0.05) is 83.0 Å². The van der Waals surface area contributed by atoms with E-state index in [2.05, 4.69) is 39.7 Å². The van der Waals surface area contributed by atoms with Crippen LogP contribution in [0.15, 0.2) is 94.3 Å². The number of nitrogens with zero attached hydrogens (tertiary/aromatic N) is 5. The van der Waals surface area contributed by atoms with Gasteiger partial charge < -0.3 is 0 Å². The molecule has 208 valence electrons. The van der Waals surface area contributed by atoms with E-state index in [0.717, 1.165) is 44.8 Å². The predicted molar refractivity (Wildman–Crippen MR) is 163 cm³/mol. The van der Waals surface area contributed by atoms with Gasteiger partial charge in [0.15, 0.2) is 0 Å². The molecule has 5 aromatic rings. The van der Waals surface area contributed by atoms with Crippen LogP contribution in [0.5, 0.6) is 0 Å². The van der Waals surface area contributed by atoms with Crippen LogP contribution in [-0.4, -0.2) is 20.7 Å². The third kappa shape index (κ3) is 4.34. The Bertz CT molecular complexity index is 1860. The number of imidazole rings is 1. The van der Waals surface area contributed by atoms with Crippen molar-refractivity contribution in [2.75, 3.05) is 0 Å². The second-order valence-corrected chi connectivity index (χ2v) is 11.0. The van der Waals surface area contributed by atoms with Crippen LogP contribution in [0.25, 0.3) is 11.4 Å². The van der Waals surface area contributed by atoms with Crippen molar-refractivity contribution in [3.05, 3.63) is 140 Å². The summed E-state index contributed by atoms with van der Waals surface area (Å²) >= 11 is 0. The first kappa shape index (κ1) is 27.0. The number of rotatable bonds is 4. The number of fused-ring (bicyclic) bond motifs is 2. The highest BCUT2D eigenvalue weighted by molar-refractivity contribution is 6.27. The largest absolute Gasteiger partial charge is 0.287 e. The Labute approximate surface area is 244 Å². The molecule has 0 fully saturated rings. The monoisotopic (exact) mass is 553 g/mol. The summed E-state index contributed by atoms with van der Waals surface area (Å²) in [5.74, 6) is -0.477. The van der Waals surface area contributed by atoms with Crippen LogP contribution >= 0.6 is 0 Å². The molecule has 0 aliphatic heterocycles. The van der Waals surface area contributed by atoms with Gasteiger partial charge in [-0.15, -0.1) is 5.11 Å². The molecular formula is C35H31N5O2. The molecule has 0 spiro atoms. The van der Waals surface area contributed by atoms with Crippen molar-refractivity contribution >= 4 is 17.3 Å². The molecule has 0 saturated heterocycles. The Hall–Kier alpha value is -5.17. The maximum absolute atomic E-state index is 14.4. The van der Waals surface area contributed by atoms with Gasteiger partial charge in [-0.2, -0.15) is 0 Å². The molecule has 1 aliphatic rings. The van der Waals surface area contributed by atoms with Crippen molar-refractivity contribution < 1.29 is 9.59 Å². The number of aromatic nitrogens is 2. The average Bonchev–Trinajstić information content (AvgIpc) is 3.26. The molecule has 7 heteroatoms. The van der Waals surface area contributed by atoms with E-state index in [4.69, 9.17) is 0 Å². The molecule has 1 heterocycles. The SMILES string of the molecule is Cc1cc(C)c(-n2c3c(n(-c4c(C)cc(C)cc4C)c2=NN=Nc2ccccc2)C(=O)c2ccccc2C3=O)c(C)c1. The topological polar surface area (TPSA) is 81.1 Å². The van der Waals surface area contributed by atoms with E-state index < -0.39 is 0 Å². The minimum absolute atomic E-state index is 0.239. The van der Waals surface area contributed by atoms with E-state index >= 15 is 0 Å². The van der Waals surface area contributed by atoms with Gasteiger partial charge in [-0.3, -0.25) is 18.7 Å². The molecule has 0 saturated carbocycles. The first-order valence-corrected chi connectivity index (χ1v) is 13.9. The van der Waals surface area contributed by atoms with Gasteiger partial charge in [0, 0.05) is 11.1 Å². The van der Waals surface area contributed by atoms with Crippen LogP contribution < -0.4 is 5.62 Å². The maximum Gasteiger partial charge on any atom is 0.242 e. The standard InChI is InChI=1S/C35H31N5O2/c1-20-16-22(3)29(23(4)17-20)39-31-32(34(42)28-15-11-10-14-27(28)33(31)41)40(30-24(5)18-21(2)19-25(30)6)35(39)37-38-36-26-12-8-7-9-13-26/h7-19H,1-6H3. The van der Waals surface area contributed by atoms with Gasteiger partial charge in [-0.05, 0) is 81.2 Å². The molecule has 0 unspecified atom stereocenters. The molecule has 0 atom stereocenters. The second kappa shape index (κ2) is 10.3. The smallest absolute Gasteiger partial charge is 0.242 e. The fourth-order valence-corrected chi connectivity index (χ4v) is 6.24. The number of carbonyl (C=O) groups excluding carboxylic acids is 2. The molecule has 0 radical (unpaired) electrons. The van der Waals surface area contributed by atoms with E-state index in [9.17, 15) is 9.59 Å². The van der Waals surface area contributed by atoms with E-state index in [1.807, 2.05) is 71.9 Å². The van der Waals surface area contributed by atoms with Crippen molar-refractivity contribution in [2.45, 2.75) is 41.5 Å². The number of hydrogen-bond acceptors (Lipinski definition) is 4. The molecule has 7 nitrogen and oxygen atoms in total. The normalized spacial score (nSPS) is 12.5. The van der Waals surface area contributed by atoms with Gasteiger partial charge in [-0.25, -0.2) is 0 Å². The van der Waals surface area contributed by atoms with Crippen molar-refractivity contribution in [2.24, 2.45) is 15.4 Å². The lowest BCUT2D eigenvalue weighted by Gasteiger charge is -2.19. The zero-order valence-corrected chi connectivity index (χ0v) is 24.6. The van der Waals surface area contributed by atoms with E-state index in [0.29, 0.717) is 22.4 Å². The van der Waals surface area contributed by atoms with E-state index in [-0.39, 0.29) is 23.0 Å². The van der Waals surface area contributed by atoms with Crippen molar-refractivity contribution in [3.8, 4) is 11.4 Å². The molecular weight excluding hydrogens is 522 g/mol. The molecule has 1 aliphatic carbocycles. The summed E-state index contributed by atoms with van der Waals surface area (Å²) in [7, 11) is 0. The first-order chi connectivity index (χ1) is 20.2. The molecule has 4 aromatic carbocycles. The van der Waals surface area contributed by atoms with Crippen LogP contribution in [0.3, 0.4) is 0 Å². The third-order valence-corrected chi connectivity index (χ3v) is 7.69. The lowest BCUT2D eigenvalue weighted by atomic mass is 9.89. The number of benzene rings is 4. The van der Waals surface area contributed by atoms with Crippen LogP contribution in [-0.2, 0) is 0 Å². The minimum Gasteiger partial charge on any atom is -0.287 e. The summed E-state index contributed by atoms with van der Waals surface area (Å²) < 4.78 is 3.61. The summed E-state index contributed by atoms with van der Waals surface area (Å²) in [4.78, 5) is 28.7. The van der Waals surface area contributed by atoms with Crippen molar-refractivity contribution in [1.82, 2.24) is 9.13 Å². The Kier molecular flexibility index (Phi) is 6.65. The van der Waals surface area contributed by atoms with E-state index in [1.54, 1.807) is 33.4 Å². The molecule has 1 aromatic heterocycles. The molecule has 6 rings (SSSR count). The molecule has 0 bridgehead atoms. The number of ketones is 2. The quantitative estimate of drug-likeness (QED) is 0.167. The van der Waals surface area contributed by atoms with Crippen LogP contribution in [0.1, 0.15) is 65.5 Å². The number of hydrogen-bond donors (Lipinski definition) is 0. The Balaban J connectivity index is 1.82. The third-order valence-electron chi connectivity index (χ3n) is 7.69. The van der Waals surface area contributed by atoms with Crippen LogP contribution in [0.4, 0.5) is 5.69 Å². The van der Waals surface area contributed by atoms with Gasteiger partial charge in [0.05, 0.1) is 17.1 Å². The van der Waals surface area contributed by atoms with Gasteiger partial charge >= 0.3 is 0 Å². The fourth-order valence-electron chi connectivity index (χ4n) is 6.24. The van der Waals surface area contributed by atoms with Crippen molar-refractivity contribution in [3.63, 3.8) is 0 Å². The lowest BCUT2D eigenvalue weighted by molar-refractivity contribution is 0.0971. The summed E-state index contributed by atoms with van der Waals surface area (Å²) in [5.41, 5.74) is 9.80. The Morgan fingerprint density at radius 1 is 0.548 bits per heavy atom. The Morgan fingerprint density at radius 3 is 1.38 bits per heavy atom. The summed E-state index contributed by atoms with van der Waals surface area (Å²) in [5, 5.41) is 13.3. The van der Waals surface area contributed by atoms with Crippen LogP contribution in [0.2, 0.25) is 0 Å². The highest BCUT2D eigenvalue weighted by atomic mass is 16.1. The Morgan fingerprint density at radius 2 is 0.952 bits per heavy atom. The zero-order valence-electron chi connectivity index (χ0n) is 24.6. The molecule has 0 amide bonds. The first-order valence-electron chi connectivity index (χ1n) is 13.9. The maximum atomic E-state index is 14.4. The average molecular weight is 554 g/mol. The van der Waals surface area contributed by atoms with E-state index in [1.165, 1.54) is 0 Å². The van der Waals surface area contributed by atoms with Crippen LogP contribution in [0, 0.1) is 41.5 Å². The van der Waals surface area contributed by atoms with Gasteiger partial charge in [0.2, 0.25) is 17.2 Å². The minimum atomic E-state index is -0.239. The van der Waals surface area contributed by atoms with Gasteiger partial charge in [0.25, 0.3) is 0 Å². The molecule has 0 N–H and O–H groups in total.